The minimum atomic E-state index is 0.0664. The summed E-state index contributed by atoms with van der Waals surface area (Å²) in [7, 11) is 0. The molecule has 0 bridgehead atoms. The van der Waals surface area contributed by atoms with Crippen LogP contribution in [0.3, 0.4) is 0 Å². The highest BCUT2D eigenvalue weighted by atomic mass is 16.6. The van der Waals surface area contributed by atoms with Crippen molar-refractivity contribution < 1.29 is 14.2 Å². The molecule has 122 valence electrons. The van der Waals surface area contributed by atoms with Crippen LogP contribution in [0.25, 0.3) is 0 Å². The molecule has 7 nitrogen and oxygen atoms in total. The van der Waals surface area contributed by atoms with E-state index in [1.165, 1.54) is 0 Å². The number of amides is 1. The van der Waals surface area contributed by atoms with Gasteiger partial charge in [0, 0.05) is 25.8 Å². The molecule has 0 radical (unpaired) electrons. The summed E-state index contributed by atoms with van der Waals surface area (Å²) in [4.78, 5) is 14.9. The topological polar surface area (TPSA) is 80.5 Å². The van der Waals surface area contributed by atoms with Crippen molar-refractivity contribution >= 4 is 5.91 Å². The Kier molecular flexibility index (Phi) is 5.04. The number of piperidine rings is 1. The van der Waals surface area contributed by atoms with Gasteiger partial charge in [0.1, 0.15) is 11.4 Å². The maximum Gasteiger partial charge on any atom is 0.224 e. The highest BCUT2D eigenvalue weighted by Crippen LogP contribution is 2.23. The number of aryl methyl sites for hydroxylation is 1. The van der Waals surface area contributed by atoms with Gasteiger partial charge in [-0.05, 0) is 39.2 Å². The summed E-state index contributed by atoms with van der Waals surface area (Å²) in [6.07, 6.45) is 4.21. The molecule has 1 amide bonds. The fourth-order valence-corrected chi connectivity index (χ4v) is 3.33. The van der Waals surface area contributed by atoms with Crippen LogP contribution >= 0.6 is 0 Å². The number of carbonyl (C=O) groups is 1. The number of hydrogen-bond donors (Lipinski definition) is 1. The van der Waals surface area contributed by atoms with Gasteiger partial charge in [-0.1, -0.05) is 10.3 Å². The van der Waals surface area contributed by atoms with Crippen LogP contribution in [-0.4, -0.2) is 53.5 Å². The minimum absolute atomic E-state index is 0.0664. The standard InChI is InChI=1S/C15H24N4O3/c1-11-14(18-22-17-11)9-16-15(20)12-3-2-6-19(10-12)13-4-7-21-8-5-13/h12-13H,2-10H2,1H3,(H,16,20). The number of hydrogen-bond acceptors (Lipinski definition) is 6. The molecule has 0 spiro atoms. The Bertz CT molecular complexity index is 499. The van der Waals surface area contributed by atoms with Crippen LogP contribution in [-0.2, 0) is 16.1 Å². The first-order valence-electron chi connectivity index (χ1n) is 8.11. The highest BCUT2D eigenvalue weighted by molar-refractivity contribution is 5.78. The van der Waals surface area contributed by atoms with Crippen LogP contribution in [0.4, 0.5) is 0 Å². The van der Waals surface area contributed by atoms with E-state index in [4.69, 9.17) is 4.74 Å². The monoisotopic (exact) mass is 308 g/mol. The van der Waals surface area contributed by atoms with E-state index in [9.17, 15) is 4.79 Å². The van der Waals surface area contributed by atoms with Crippen LogP contribution in [0.5, 0.6) is 0 Å². The third-order valence-corrected chi connectivity index (χ3v) is 4.71. The summed E-state index contributed by atoms with van der Waals surface area (Å²) < 4.78 is 10.1. The van der Waals surface area contributed by atoms with Crippen LogP contribution in [0.1, 0.15) is 37.1 Å². The molecule has 2 fully saturated rings. The van der Waals surface area contributed by atoms with E-state index in [2.05, 4.69) is 25.2 Å². The van der Waals surface area contributed by atoms with Gasteiger partial charge in [0.05, 0.1) is 12.5 Å². The Morgan fingerprint density at radius 3 is 2.86 bits per heavy atom. The van der Waals surface area contributed by atoms with E-state index in [0.717, 1.165) is 57.7 Å². The number of carbonyl (C=O) groups excluding carboxylic acids is 1. The number of rotatable bonds is 4. The summed E-state index contributed by atoms with van der Waals surface area (Å²) in [5.74, 6) is 0.177. The predicted molar refractivity (Wildman–Crippen MR) is 79.0 cm³/mol. The third kappa shape index (κ3) is 3.64. The number of nitrogens with zero attached hydrogens (tertiary/aromatic N) is 3. The Morgan fingerprint density at radius 2 is 2.14 bits per heavy atom. The summed E-state index contributed by atoms with van der Waals surface area (Å²) in [6.45, 7) is 5.85. The molecule has 0 saturated carbocycles. The average Bonchev–Trinajstić information content (AvgIpc) is 2.99. The number of ether oxygens (including phenoxy) is 1. The highest BCUT2D eigenvalue weighted by Gasteiger charge is 2.30. The average molecular weight is 308 g/mol. The van der Waals surface area contributed by atoms with Gasteiger partial charge >= 0.3 is 0 Å². The molecule has 2 aliphatic rings. The second-order valence-electron chi connectivity index (χ2n) is 6.19. The number of nitrogens with one attached hydrogen (secondary N) is 1. The lowest BCUT2D eigenvalue weighted by Crippen LogP contribution is -2.48. The van der Waals surface area contributed by atoms with Gasteiger partial charge < -0.3 is 10.1 Å². The van der Waals surface area contributed by atoms with Crippen LogP contribution < -0.4 is 5.32 Å². The summed E-state index contributed by atoms with van der Waals surface area (Å²) in [5.41, 5.74) is 1.43. The van der Waals surface area contributed by atoms with Gasteiger partial charge in [0.15, 0.2) is 0 Å². The molecule has 0 aliphatic carbocycles. The van der Waals surface area contributed by atoms with Crippen molar-refractivity contribution in [1.29, 1.82) is 0 Å². The Hall–Kier alpha value is -1.47. The number of likely N-dealkylation sites (tertiary alicyclic amines) is 1. The first-order chi connectivity index (χ1) is 10.7. The second-order valence-corrected chi connectivity index (χ2v) is 6.19. The first-order valence-corrected chi connectivity index (χ1v) is 8.11. The molecule has 3 rings (SSSR count). The van der Waals surface area contributed by atoms with Crippen molar-refractivity contribution in [2.75, 3.05) is 26.3 Å². The van der Waals surface area contributed by atoms with Crippen molar-refractivity contribution in [3.63, 3.8) is 0 Å². The Labute approximate surface area is 130 Å². The van der Waals surface area contributed by atoms with E-state index >= 15 is 0 Å². The quantitative estimate of drug-likeness (QED) is 0.889. The predicted octanol–water partition coefficient (Wildman–Crippen LogP) is 0.885. The van der Waals surface area contributed by atoms with E-state index in [1.54, 1.807) is 0 Å². The fourth-order valence-electron chi connectivity index (χ4n) is 3.33. The van der Waals surface area contributed by atoms with Gasteiger partial charge in [-0.3, -0.25) is 9.69 Å². The zero-order valence-electron chi connectivity index (χ0n) is 13.1. The van der Waals surface area contributed by atoms with Crippen molar-refractivity contribution in [2.24, 2.45) is 5.92 Å². The van der Waals surface area contributed by atoms with Crippen molar-refractivity contribution in [3.8, 4) is 0 Å². The van der Waals surface area contributed by atoms with Crippen LogP contribution in [0.15, 0.2) is 4.63 Å². The molecule has 22 heavy (non-hydrogen) atoms. The second kappa shape index (κ2) is 7.19. The van der Waals surface area contributed by atoms with Gasteiger partial charge in [0.25, 0.3) is 0 Å². The smallest absolute Gasteiger partial charge is 0.224 e. The van der Waals surface area contributed by atoms with E-state index in [-0.39, 0.29) is 11.8 Å². The third-order valence-electron chi connectivity index (χ3n) is 4.71. The molecule has 7 heteroatoms. The summed E-state index contributed by atoms with van der Waals surface area (Å²) in [6, 6.07) is 0.575. The number of aromatic nitrogens is 2. The maximum absolute atomic E-state index is 12.4. The van der Waals surface area contributed by atoms with Crippen LogP contribution in [0.2, 0.25) is 0 Å². The molecule has 3 heterocycles. The molecule has 2 aliphatic heterocycles. The van der Waals surface area contributed by atoms with Crippen molar-refractivity contribution in [3.05, 3.63) is 11.4 Å². The van der Waals surface area contributed by atoms with Crippen molar-refractivity contribution in [2.45, 2.75) is 45.2 Å². The zero-order valence-corrected chi connectivity index (χ0v) is 13.1. The summed E-state index contributed by atoms with van der Waals surface area (Å²) >= 11 is 0. The van der Waals surface area contributed by atoms with Gasteiger partial charge in [-0.15, -0.1) is 0 Å². The van der Waals surface area contributed by atoms with Gasteiger partial charge in [0.2, 0.25) is 5.91 Å². The molecule has 1 aromatic rings. The molecule has 1 N–H and O–H groups in total. The normalized spacial score (nSPS) is 24.3. The van der Waals surface area contributed by atoms with E-state index < -0.39 is 0 Å². The molecule has 0 aromatic carbocycles. The molecular formula is C15H24N4O3. The molecule has 1 atom stereocenters. The lowest BCUT2D eigenvalue weighted by Gasteiger charge is -2.39. The van der Waals surface area contributed by atoms with E-state index in [1.807, 2.05) is 6.92 Å². The largest absolute Gasteiger partial charge is 0.381 e. The first kappa shape index (κ1) is 15.4. The minimum Gasteiger partial charge on any atom is -0.381 e. The SMILES string of the molecule is Cc1nonc1CNC(=O)C1CCCN(C2CCOCC2)C1. The van der Waals surface area contributed by atoms with E-state index in [0.29, 0.717) is 18.3 Å². The van der Waals surface area contributed by atoms with Gasteiger partial charge in [-0.25, -0.2) is 4.63 Å². The summed E-state index contributed by atoms with van der Waals surface area (Å²) in [5, 5.41) is 10.5. The lowest BCUT2D eigenvalue weighted by molar-refractivity contribution is -0.127. The lowest BCUT2D eigenvalue weighted by atomic mass is 9.94. The van der Waals surface area contributed by atoms with Gasteiger partial charge in [-0.2, -0.15) is 0 Å². The molecular weight excluding hydrogens is 284 g/mol. The molecule has 2 saturated heterocycles. The van der Waals surface area contributed by atoms with Crippen LogP contribution in [0, 0.1) is 12.8 Å². The Balaban J connectivity index is 1.50. The zero-order chi connectivity index (χ0) is 15.4. The van der Waals surface area contributed by atoms with Crippen molar-refractivity contribution in [1.82, 2.24) is 20.5 Å². The molecule has 1 aromatic heterocycles. The maximum atomic E-state index is 12.4. The Morgan fingerprint density at radius 1 is 1.32 bits per heavy atom. The molecule has 1 unspecified atom stereocenters. The fraction of sp³-hybridized carbons (Fsp3) is 0.800.